The minimum Gasteiger partial charge on any atom is -0.260 e. The third kappa shape index (κ3) is 1.95. The third-order valence-corrected chi connectivity index (χ3v) is 3.65. The number of hydrogen-bond acceptors (Lipinski definition) is 1. The van der Waals surface area contributed by atoms with Gasteiger partial charge in [0.15, 0.2) is 0 Å². The molecule has 1 aromatic heterocycles. The van der Waals surface area contributed by atoms with E-state index in [1.54, 1.807) is 0 Å². The predicted octanol–water partition coefficient (Wildman–Crippen LogP) is 4.59. The molecule has 2 heteroatoms. The van der Waals surface area contributed by atoms with Gasteiger partial charge in [0.1, 0.15) is 0 Å². The maximum Gasteiger partial charge on any atom is 0.0519 e. The van der Waals surface area contributed by atoms with Gasteiger partial charge in [0.05, 0.1) is 5.69 Å². The van der Waals surface area contributed by atoms with Gasteiger partial charge in [-0.15, -0.1) is 0 Å². The summed E-state index contributed by atoms with van der Waals surface area (Å²) in [6.45, 7) is 2.18. The summed E-state index contributed by atoms with van der Waals surface area (Å²) in [6, 6.07) is 10.3. The minimum absolute atomic E-state index is 0.798. The van der Waals surface area contributed by atoms with Crippen LogP contribution in [0.5, 0.6) is 0 Å². The lowest BCUT2D eigenvalue weighted by Crippen LogP contribution is -1.95. The third-order valence-electron chi connectivity index (χ3n) is 3.41. The van der Waals surface area contributed by atoms with Gasteiger partial charge in [-0.25, -0.2) is 0 Å². The van der Waals surface area contributed by atoms with Crippen LogP contribution >= 0.6 is 11.6 Å². The number of hydrogen-bond donors (Lipinski definition) is 0. The van der Waals surface area contributed by atoms with Crippen LogP contribution in [0.4, 0.5) is 0 Å². The summed E-state index contributed by atoms with van der Waals surface area (Å²) in [7, 11) is 0. The van der Waals surface area contributed by atoms with E-state index >= 15 is 0 Å². The average molecular weight is 256 g/mol. The Morgan fingerprint density at radius 1 is 1.28 bits per heavy atom. The summed E-state index contributed by atoms with van der Waals surface area (Å²) >= 11 is 6.12. The minimum atomic E-state index is 0.798. The molecule has 2 aromatic rings. The molecule has 1 aliphatic carbocycles. The van der Waals surface area contributed by atoms with Gasteiger partial charge < -0.3 is 0 Å². The van der Waals surface area contributed by atoms with Crippen LogP contribution in [0.3, 0.4) is 0 Å². The Morgan fingerprint density at radius 3 is 3.00 bits per heavy atom. The second-order valence-electron chi connectivity index (χ2n) is 4.54. The summed E-state index contributed by atoms with van der Waals surface area (Å²) in [5.74, 6) is 0. The Morgan fingerprint density at radius 2 is 2.17 bits per heavy atom. The molecule has 0 fully saturated rings. The Kier molecular flexibility index (Phi) is 2.92. The van der Waals surface area contributed by atoms with E-state index in [-0.39, 0.29) is 0 Å². The number of benzene rings is 1. The maximum absolute atomic E-state index is 6.12. The average Bonchev–Trinajstić information content (AvgIpc) is 2.54. The van der Waals surface area contributed by atoms with Crippen molar-refractivity contribution in [2.45, 2.75) is 19.8 Å². The highest BCUT2D eigenvalue weighted by Gasteiger charge is 2.14. The van der Waals surface area contributed by atoms with Crippen LogP contribution in [0.1, 0.15) is 35.7 Å². The number of nitrogens with zero attached hydrogens (tertiary/aromatic N) is 1. The van der Waals surface area contributed by atoms with E-state index in [0.717, 1.165) is 23.6 Å². The summed E-state index contributed by atoms with van der Waals surface area (Å²) < 4.78 is 0. The molecule has 0 N–H and O–H groups in total. The van der Waals surface area contributed by atoms with E-state index in [4.69, 9.17) is 11.6 Å². The molecule has 3 rings (SSSR count). The summed E-state index contributed by atoms with van der Waals surface area (Å²) in [4.78, 5) is 4.49. The van der Waals surface area contributed by atoms with Gasteiger partial charge in [0, 0.05) is 17.6 Å². The van der Waals surface area contributed by atoms with Gasteiger partial charge in [0.25, 0.3) is 0 Å². The topological polar surface area (TPSA) is 12.9 Å². The molecule has 0 bridgehead atoms. The lowest BCUT2D eigenvalue weighted by Gasteiger charge is -2.09. The van der Waals surface area contributed by atoms with Gasteiger partial charge in [-0.2, -0.15) is 0 Å². The molecule has 1 heterocycles. The highest BCUT2D eigenvalue weighted by atomic mass is 35.5. The first-order valence-electron chi connectivity index (χ1n) is 6.21. The number of fused-ring (bicyclic) bond motifs is 2. The van der Waals surface area contributed by atoms with Gasteiger partial charge in [-0.05, 0) is 53.0 Å². The zero-order chi connectivity index (χ0) is 12.5. The zero-order valence-electron chi connectivity index (χ0n) is 10.3. The number of rotatable bonds is 1. The van der Waals surface area contributed by atoms with Crippen molar-refractivity contribution in [1.82, 2.24) is 4.98 Å². The fourth-order valence-corrected chi connectivity index (χ4v) is 2.64. The standard InChI is InChI=1S/C16H14ClN/c1-2-11-8-13-4-3-7-18-16(13)9-12-5-6-14(17)10-15(11)12/h3-8,10H,2,9H2,1H3. The van der Waals surface area contributed by atoms with Crippen LogP contribution in [0, 0.1) is 0 Å². The van der Waals surface area contributed by atoms with Crippen molar-refractivity contribution in [3.05, 3.63) is 63.9 Å². The Labute approximate surface area is 112 Å². The molecule has 0 spiro atoms. The molecular weight excluding hydrogens is 242 g/mol. The first-order valence-corrected chi connectivity index (χ1v) is 6.59. The van der Waals surface area contributed by atoms with Gasteiger partial charge in [-0.3, -0.25) is 4.98 Å². The van der Waals surface area contributed by atoms with Crippen LogP contribution in [0.2, 0.25) is 5.02 Å². The molecule has 0 atom stereocenters. The maximum atomic E-state index is 6.12. The Hall–Kier alpha value is -1.60. The van der Waals surface area contributed by atoms with Crippen molar-refractivity contribution in [1.29, 1.82) is 0 Å². The quantitative estimate of drug-likeness (QED) is 0.726. The van der Waals surface area contributed by atoms with E-state index in [1.807, 2.05) is 18.3 Å². The van der Waals surface area contributed by atoms with E-state index < -0.39 is 0 Å². The lowest BCUT2D eigenvalue weighted by atomic mass is 9.97. The second kappa shape index (κ2) is 4.58. The molecule has 18 heavy (non-hydrogen) atoms. The number of aromatic nitrogens is 1. The molecule has 0 unspecified atom stereocenters. The van der Waals surface area contributed by atoms with Crippen LogP contribution in [0.25, 0.3) is 11.6 Å². The highest BCUT2D eigenvalue weighted by molar-refractivity contribution is 6.30. The second-order valence-corrected chi connectivity index (χ2v) is 4.98. The monoisotopic (exact) mass is 255 g/mol. The van der Waals surface area contributed by atoms with E-state index in [0.29, 0.717) is 0 Å². The fraction of sp³-hybridized carbons (Fsp3) is 0.188. The fourth-order valence-electron chi connectivity index (χ4n) is 2.47. The molecule has 1 aliphatic rings. The van der Waals surface area contributed by atoms with Crippen molar-refractivity contribution in [2.24, 2.45) is 0 Å². The molecule has 90 valence electrons. The summed E-state index contributed by atoms with van der Waals surface area (Å²) in [6.07, 6.45) is 5.98. The largest absolute Gasteiger partial charge is 0.260 e. The first kappa shape index (κ1) is 11.5. The van der Waals surface area contributed by atoms with Crippen molar-refractivity contribution >= 4 is 23.3 Å². The zero-order valence-corrected chi connectivity index (χ0v) is 11.0. The first-order chi connectivity index (χ1) is 8.78. The van der Waals surface area contributed by atoms with Crippen molar-refractivity contribution < 1.29 is 0 Å². The van der Waals surface area contributed by atoms with Crippen LogP contribution < -0.4 is 0 Å². The summed E-state index contributed by atoms with van der Waals surface area (Å²) in [5, 5.41) is 0.798. The van der Waals surface area contributed by atoms with Crippen LogP contribution in [-0.2, 0) is 6.42 Å². The van der Waals surface area contributed by atoms with E-state index in [2.05, 4.69) is 36.2 Å². The van der Waals surface area contributed by atoms with Crippen molar-refractivity contribution in [3.63, 3.8) is 0 Å². The van der Waals surface area contributed by atoms with Crippen molar-refractivity contribution in [3.8, 4) is 0 Å². The van der Waals surface area contributed by atoms with Gasteiger partial charge >= 0.3 is 0 Å². The molecule has 1 aromatic carbocycles. The number of pyridine rings is 1. The Bertz CT molecular complexity index is 629. The van der Waals surface area contributed by atoms with Crippen LogP contribution in [0.15, 0.2) is 36.5 Å². The summed E-state index contributed by atoms with van der Waals surface area (Å²) in [5.41, 5.74) is 6.28. The molecule has 1 nitrogen and oxygen atoms in total. The van der Waals surface area contributed by atoms with Gasteiger partial charge in [-0.1, -0.05) is 30.7 Å². The SMILES string of the molecule is CCC1=Cc2cccnc2Cc2ccc(Cl)cc21. The van der Waals surface area contributed by atoms with E-state index in [1.165, 1.54) is 22.3 Å². The normalized spacial score (nSPS) is 13.3. The van der Waals surface area contributed by atoms with Crippen LogP contribution in [-0.4, -0.2) is 4.98 Å². The molecule has 0 amide bonds. The van der Waals surface area contributed by atoms with E-state index in [9.17, 15) is 0 Å². The smallest absolute Gasteiger partial charge is 0.0519 e. The number of halogens is 1. The van der Waals surface area contributed by atoms with Gasteiger partial charge in [0.2, 0.25) is 0 Å². The number of allylic oxidation sites excluding steroid dienone is 1. The van der Waals surface area contributed by atoms with Crippen molar-refractivity contribution in [2.75, 3.05) is 0 Å². The molecule has 0 saturated carbocycles. The lowest BCUT2D eigenvalue weighted by molar-refractivity contribution is 1.07. The molecule has 0 radical (unpaired) electrons. The molecule has 0 saturated heterocycles. The molecule has 0 aliphatic heterocycles. The predicted molar refractivity (Wildman–Crippen MR) is 76.7 cm³/mol. The highest BCUT2D eigenvalue weighted by Crippen LogP contribution is 2.32. The Balaban J connectivity index is 2.24. The molecular formula is C16H14ClN.